The Labute approximate surface area is 215 Å². The highest BCUT2D eigenvalue weighted by atomic mass is 35.5. The molecule has 0 aliphatic heterocycles. The molecule has 1 aliphatic carbocycles. The summed E-state index contributed by atoms with van der Waals surface area (Å²) >= 11 is 13.4. The molecule has 34 heavy (non-hydrogen) atoms. The van der Waals surface area contributed by atoms with Gasteiger partial charge in [0.25, 0.3) is 0 Å². The molecule has 3 rings (SSSR count). The van der Waals surface area contributed by atoms with Crippen molar-refractivity contribution in [2.75, 3.05) is 5.75 Å². The Morgan fingerprint density at radius 1 is 1.12 bits per heavy atom. The molecule has 2 amide bonds. The summed E-state index contributed by atoms with van der Waals surface area (Å²) in [6.45, 7) is 2.22. The molecule has 0 saturated heterocycles. The predicted molar refractivity (Wildman–Crippen MR) is 139 cm³/mol. The van der Waals surface area contributed by atoms with Gasteiger partial charge in [0.05, 0.1) is 5.75 Å². The Morgan fingerprint density at radius 2 is 1.82 bits per heavy atom. The largest absolute Gasteiger partial charge is 0.352 e. The van der Waals surface area contributed by atoms with Crippen LogP contribution >= 0.6 is 35.0 Å². The van der Waals surface area contributed by atoms with Crippen LogP contribution in [0, 0.1) is 5.82 Å². The first kappa shape index (κ1) is 26.8. The monoisotopic (exact) mass is 524 g/mol. The third-order valence-electron chi connectivity index (χ3n) is 6.14. The van der Waals surface area contributed by atoms with Crippen molar-refractivity contribution in [1.82, 2.24) is 10.2 Å². The van der Waals surface area contributed by atoms with Crippen LogP contribution in [0.25, 0.3) is 0 Å². The topological polar surface area (TPSA) is 49.4 Å². The van der Waals surface area contributed by atoms with Gasteiger partial charge < -0.3 is 10.2 Å². The normalized spacial score (nSPS) is 15.1. The second kappa shape index (κ2) is 13.4. The van der Waals surface area contributed by atoms with Crippen LogP contribution in [0.3, 0.4) is 0 Å². The minimum absolute atomic E-state index is 0.112. The van der Waals surface area contributed by atoms with E-state index in [1.807, 2.05) is 19.1 Å². The molecule has 0 bridgehead atoms. The zero-order valence-corrected chi connectivity index (χ0v) is 21.7. The molecular weight excluding hydrogens is 494 g/mol. The third kappa shape index (κ3) is 7.62. The first-order valence-electron chi connectivity index (χ1n) is 11.7. The van der Waals surface area contributed by atoms with Crippen LogP contribution < -0.4 is 5.32 Å². The fourth-order valence-electron chi connectivity index (χ4n) is 4.24. The van der Waals surface area contributed by atoms with Crippen molar-refractivity contribution in [2.24, 2.45) is 0 Å². The van der Waals surface area contributed by atoms with Crippen LogP contribution in [-0.2, 0) is 21.9 Å². The molecule has 4 nitrogen and oxygen atoms in total. The Morgan fingerprint density at radius 3 is 2.47 bits per heavy atom. The van der Waals surface area contributed by atoms with Gasteiger partial charge in [0, 0.05) is 33.9 Å². The maximum atomic E-state index is 14.1. The van der Waals surface area contributed by atoms with Crippen LogP contribution in [0.1, 0.15) is 56.6 Å². The molecule has 1 N–H and O–H groups in total. The lowest BCUT2D eigenvalue weighted by molar-refractivity contribution is -0.139. The molecule has 0 heterocycles. The zero-order valence-electron chi connectivity index (χ0n) is 19.4. The van der Waals surface area contributed by atoms with E-state index in [1.54, 1.807) is 29.2 Å². The molecule has 8 heteroatoms. The van der Waals surface area contributed by atoms with Gasteiger partial charge in [-0.05, 0) is 49.1 Å². The van der Waals surface area contributed by atoms with Crippen molar-refractivity contribution in [3.05, 3.63) is 69.5 Å². The molecule has 0 aromatic heterocycles. The Kier molecular flexibility index (Phi) is 10.5. The molecule has 2 aromatic rings. The van der Waals surface area contributed by atoms with E-state index in [9.17, 15) is 14.0 Å². The summed E-state index contributed by atoms with van der Waals surface area (Å²) in [4.78, 5) is 28.2. The van der Waals surface area contributed by atoms with Gasteiger partial charge in [-0.2, -0.15) is 0 Å². The zero-order chi connectivity index (χ0) is 24.5. The summed E-state index contributed by atoms with van der Waals surface area (Å²) in [7, 11) is 0. The van der Waals surface area contributed by atoms with Crippen LogP contribution in [-0.4, -0.2) is 34.6 Å². The number of thioether (sulfide) groups is 1. The summed E-state index contributed by atoms with van der Waals surface area (Å²) in [6.07, 6.45) is 5.89. The van der Waals surface area contributed by atoms with E-state index < -0.39 is 6.04 Å². The number of benzene rings is 2. The standard InChI is InChI=1S/C26H31Cl2FN2O2S/c1-2-24(26(33)30-20-7-4-3-5-8-20)31(15-18-11-13-19(27)14-12-18)25(32)17-34-16-21-22(28)9-6-10-23(21)29/h6,9-14,20,24H,2-5,7-8,15-17H2,1H3,(H,30,33)/t24-/m0/s1. The van der Waals surface area contributed by atoms with E-state index >= 15 is 0 Å². The van der Waals surface area contributed by atoms with Gasteiger partial charge in [-0.25, -0.2) is 4.39 Å². The van der Waals surface area contributed by atoms with Gasteiger partial charge in [-0.1, -0.05) is 67.6 Å². The van der Waals surface area contributed by atoms with Gasteiger partial charge in [-0.15, -0.1) is 11.8 Å². The second-order valence-corrected chi connectivity index (χ2v) is 10.4. The third-order valence-corrected chi connectivity index (χ3v) is 7.69. The van der Waals surface area contributed by atoms with Crippen molar-refractivity contribution < 1.29 is 14.0 Å². The van der Waals surface area contributed by atoms with Crippen LogP contribution in [0.2, 0.25) is 10.0 Å². The van der Waals surface area contributed by atoms with E-state index in [4.69, 9.17) is 23.2 Å². The lowest BCUT2D eigenvalue weighted by Gasteiger charge is -2.32. The molecule has 1 aliphatic rings. The number of hydrogen-bond acceptors (Lipinski definition) is 3. The molecule has 0 unspecified atom stereocenters. The first-order chi connectivity index (χ1) is 16.4. The number of halogens is 3. The number of amides is 2. The minimum atomic E-state index is -0.581. The quantitative estimate of drug-likeness (QED) is 0.379. The number of nitrogens with one attached hydrogen (secondary N) is 1. The molecule has 2 aromatic carbocycles. The fraction of sp³-hybridized carbons (Fsp3) is 0.462. The fourth-order valence-corrected chi connectivity index (χ4v) is 5.62. The highest BCUT2D eigenvalue weighted by Crippen LogP contribution is 2.25. The van der Waals surface area contributed by atoms with Crippen LogP contribution in [0.5, 0.6) is 0 Å². The average molecular weight is 526 g/mol. The van der Waals surface area contributed by atoms with Crippen LogP contribution in [0.15, 0.2) is 42.5 Å². The SMILES string of the molecule is CC[C@@H](C(=O)NC1CCCCC1)N(Cc1ccc(Cl)cc1)C(=O)CSCc1c(F)cccc1Cl. The summed E-state index contributed by atoms with van der Waals surface area (Å²) in [5, 5.41) is 4.13. The van der Waals surface area contributed by atoms with Gasteiger partial charge in [-0.3, -0.25) is 9.59 Å². The molecular formula is C26H31Cl2FN2O2S. The predicted octanol–water partition coefficient (Wildman–Crippen LogP) is 6.62. The van der Waals surface area contributed by atoms with E-state index in [2.05, 4.69) is 5.32 Å². The lowest BCUT2D eigenvalue weighted by atomic mass is 9.95. The van der Waals surface area contributed by atoms with Gasteiger partial charge in [0.15, 0.2) is 0 Å². The first-order valence-corrected chi connectivity index (χ1v) is 13.6. The van der Waals surface area contributed by atoms with E-state index in [-0.39, 0.29) is 35.2 Å². The summed E-state index contributed by atoms with van der Waals surface area (Å²) in [6, 6.07) is 11.4. The number of nitrogens with zero attached hydrogens (tertiary/aromatic N) is 1. The van der Waals surface area contributed by atoms with Crippen molar-refractivity contribution in [3.63, 3.8) is 0 Å². The second-order valence-electron chi connectivity index (χ2n) is 8.61. The molecule has 1 fully saturated rings. The highest BCUT2D eigenvalue weighted by molar-refractivity contribution is 7.99. The summed E-state index contributed by atoms with van der Waals surface area (Å²) in [5.74, 6) is -0.275. The van der Waals surface area contributed by atoms with Crippen LogP contribution in [0.4, 0.5) is 4.39 Å². The molecule has 0 spiro atoms. The lowest BCUT2D eigenvalue weighted by Crippen LogP contribution is -2.52. The van der Waals surface area contributed by atoms with Crippen molar-refractivity contribution in [1.29, 1.82) is 0 Å². The number of hydrogen-bond donors (Lipinski definition) is 1. The number of carbonyl (C=O) groups is 2. The van der Waals surface area contributed by atoms with Crippen molar-refractivity contribution >= 4 is 46.8 Å². The Hall–Kier alpha value is -1.76. The summed E-state index contributed by atoms with van der Waals surface area (Å²) < 4.78 is 14.1. The number of carbonyl (C=O) groups excluding carboxylic acids is 2. The highest BCUT2D eigenvalue weighted by Gasteiger charge is 2.30. The maximum absolute atomic E-state index is 14.1. The Bertz CT molecular complexity index is 948. The van der Waals surface area contributed by atoms with Crippen molar-refractivity contribution in [2.45, 2.75) is 69.8 Å². The van der Waals surface area contributed by atoms with E-state index in [0.717, 1.165) is 31.2 Å². The molecule has 184 valence electrons. The van der Waals surface area contributed by atoms with Crippen molar-refractivity contribution in [3.8, 4) is 0 Å². The summed E-state index contributed by atoms with van der Waals surface area (Å²) in [5.41, 5.74) is 1.28. The van der Waals surface area contributed by atoms with E-state index in [0.29, 0.717) is 28.6 Å². The smallest absolute Gasteiger partial charge is 0.243 e. The average Bonchev–Trinajstić information content (AvgIpc) is 2.82. The Balaban J connectivity index is 1.72. The molecule has 1 atom stereocenters. The minimum Gasteiger partial charge on any atom is -0.352 e. The number of rotatable bonds is 10. The molecule has 1 saturated carbocycles. The van der Waals surface area contributed by atoms with Gasteiger partial charge in [0.1, 0.15) is 11.9 Å². The van der Waals surface area contributed by atoms with E-state index in [1.165, 1.54) is 24.2 Å². The van der Waals surface area contributed by atoms with Gasteiger partial charge >= 0.3 is 0 Å². The van der Waals surface area contributed by atoms with Gasteiger partial charge in [0.2, 0.25) is 11.8 Å². The molecule has 0 radical (unpaired) electrons. The maximum Gasteiger partial charge on any atom is 0.243 e.